The largest absolute Gasteiger partial charge is 0.524 e. The predicted octanol–water partition coefficient (Wildman–Crippen LogP) is -0.452. The van der Waals surface area contributed by atoms with E-state index in [0.29, 0.717) is 12.0 Å². The van der Waals surface area contributed by atoms with Crippen molar-refractivity contribution in [2.45, 2.75) is 70.0 Å². The summed E-state index contributed by atoms with van der Waals surface area (Å²) in [4.78, 5) is 105. The van der Waals surface area contributed by atoms with Crippen LogP contribution in [0.4, 0.5) is 0 Å². The first kappa shape index (κ1) is 38.6. The number of hydrogen-bond acceptors (Lipinski definition) is 9. The smallest absolute Gasteiger partial charge is 0.481 e. The molecule has 1 aromatic rings. The van der Waals surface area contributed by atoms with Crippen LogP contribution in [0.2, 0.25) is 0 Å². The highest BCUT2D eigenvalue weighted by atomic mass is 31.2. The van der Waals surface area contributed by atoms with Crippen molar-refractivity contribution < 1.29 is 67.8 Å². The zero-order valence-electron chi connectivity index (χ0n) is 25.7. The number of nitrogens with one attached hydrogen (secondary N) is 4. The fourth-order valence-corrected chi connectivity index (χ4v) is 5.38. The number of carboxylic acid groups (broad SMARTS) is 3. The molecular formula is C28H39N4O14P. The van der Waals surface area contributed by atoms with Crippen LogP contribution in [0.1, 0.15) is 57.4 Å². The van der Waals surface area contributed by atoms with Gasteiger partial charge in [-0.25, -0.2) is 9.36 Å². The van der Waals surface area contributed by atoms with Crippen LogP contribution in [0.5, 0.6) is 5.75 Å². The van der Waals surface area contributed by atoms with Gasteiger partial charge in [0, 0.05) is 25.8 Å². The van der Waals surface area contributed by atoms with E-state index in [2.05, 4.69) is 25.8 Å². The monoisotopic (exact) mass is 686 g/mol. The molecule has 47 heavy (non-hydrogen) atoms. The Balaban J connectivity index is 2.30. The van der Waals surface area contributed by atoms with E-state index in [1.807, 2.05) is 0 Å². The van der Waals surface area contributed by atoms with Gasteiger partial charge in [0.2, 0.25) is 23.6 Å². The first-order valence-electron chi connectivity index (χ1n) is 14.5. The number of carbonyl (C=O) groups is 7. The molecule has 1 fully saturated rings. The zero-order valence-corrected chi connectivity index (χ0v) is 26.6. The summed E-state index contributed by atoms with van der Waals surface area (Å²) in [7, 11) is -3.50. The Morgan fingerprint density at radius 1 is 0.809 bits per heavy atom. The Bertz CT molecular complexity index is 1400. The van der Waals surface area contributed by atoms with Crippen LogP contribution in [-0.4, -0.2) is 91.8 Å². The van der Waals surface area contributed by atoms with Gasteiger partial charge in [-0.2, -0.15) is 0 Å². The first-order valence-corrected chi connectivity index (χ1v) is 16.1. The van der Waals surface area contributed by atoms with Crippen molar-refractivity contribution >= 4 is 49.4 Å². The van der Waals surface area contributed by atoms with Crippen LogP contribution in [-0.2, 0) is 38.1 Å². The van der Waals surface area contributed by atoms with Crippen molar-refractivity contribution in [2.75, 3.05) is 7.05 Å². The molecule has 0 aliphatic heterocycles. The summed E-state index contributed by atoms with van der Waals surface area (Å²) in [6, 6.07) is 0.759. The molecule has 1 saturated carbocycles. The maximum Gasteiger partial charge on any atom is 0.524 e. The highest BCUT2D eigenvalue weighted by Gasteiger charge is 2.59. The molecular weight excluding hydrogens is 647 g/mol. The van der Waals surface area contributed by atoms with Gasteiger partial charge in [0.15, 0.2) is 0 Å². The number of carbonyl (C=O) groups excluding carboxylic acids is 4. The van der Waals surface area contributed by atoms with Gasteiger partial charge in [-0.3, -0.25) is 38.6 Å². The minimum atomic E-state index is -4.84. The molecule has 2 rings (SSSR count). The summed E-state index contributed by atoms with van der Waals surface area (Å²) in [5, 5.41) is 37.4. The van der Waals surface area contributed by atoms with Crippen molar-refractivity contribution in [3.63, 3.8) is 0 Å². The van der Waals surface area contributed by atoms with Crippen molar-refractivity contribution in [1.29, 1.82) is 0 Å². The van der Waals surface area contributed by atoms with E-state index in [9.17, 15) is 48.3 Å². The average Bonchev–Trinajstić information content (AvgIpc) is 3.74. The summed E-state index contributed by atoms with van der Waals surface area (Å²) in [6.45, 7) is 3.27. The van der Waals surface area contributed by atoms with Crippen LogP contribution in [0.25, 0.3) is 0 Å². The predicted molar refractivity (Wildman–Crippen MR) is 160 cm³/mol. The van der Waals surface area contributed by atoms with Gasteiger partial charge in [0.05, 0.1) is 11.8 Å². The van der Waals surface area contributed by atoms with Crippen molar-refractivity contribution in [1.82, 2.24) is 21.3 Å². The van der Waals surface area contributed by atoms with Crippen molar-refractivity contribution in [2.24, 2.45) is 17.8 Å². The molecule has 7 atom stereocenters. The van der Waals surface area contributed by atoms with E-state index in [1.54, 1.807) is 13.8 Å². The quantitative estimate of drug-likeness (QED) is 0.0833. The molecule has 0 radical (unpaired) electrons. The molecule has 19 heteroatoms. The number of amides is 4. The molecule has 0 saturated heterocycles. The number of phosphoric ester groups is 1. The number of rotatable bonds is 19. The number of benzene rings is 1. The van der Waals surface area contributed by atoms with Crippen molar-refractivity contribution in [3.05, 3.63) is 29.8 Å². The van der Waals surface area contributed by atoms with Crippen molar-refractivity contribution in [3.8, 4) is 5.75 Å². The number of hydrogen-bond donors (Lipinski definition) is 9. The summed E-state index contributed by atoms with van der Waals surface area (Å²) in [6.07, 6.45) is -1.74. The lowest BCUT2D eigenvalue weighted by Crippen LogP contribution is -2.57. The van der Waals surface area contributed by atoms with Crippen LogP contribution in [0.15, 0.2) is 24.3 Å². The molecule has 18 nitrogen and oxygen atoms in total. The lowest BCUT2D eigenvalue weighted by molar-refractivity contribution is -0.144. The van der Waals surface area contributed by atoms with Gasteiger partial charge in [-0.1, -0.05) is 32.4 Å². The molecule has 0 heterocycles. The fraction of sp³-hybridized carbons (Fsp3) is 0.536. The second-order valence-electron chi connectivity index (χ2n) is 11.0. The summed E-state index contributed by atoms with van der Waals surface area (Å²) >= 11 is 0. The topological polar surface area (TPSA) is 295 Å². The Hall–Kier alpha value is -4.54. The maximum absolute atomic E-state index is 13.4. The highest BCUT2D eigenvalue weighted by Crippen LogP contribution is 2.54. The SMILES string of the molecule is CC[C@H](C)[C@H](NC(=O)[C@H](CCC(=O)O)NC(=O)[C@H](CCC(=O)O)NC(=O)[C@H]1[C@H](C(=O)NC)[C@@H]1c1ccc(OP(=O)(O)O)cc1)C(=O)O. The molecule has 0 bridgehead atoms. The fourth-order valence-electron chi connectivity index (χ4n) is 4.98. The van der Waals surface area contributed by atoms with E-state index in [-0.39, 0.29) is 5.75 Å². The molecule has 260 valence electrons. The molecule has 1 aromatic carbocycles. The minimum absolute atomic E-state index is 0.175. The third kappa shape index (κ3) is 11.6. The van der Waals surface area contributed by atoms with Gasteiger partial charge in [-0.15, -0.1) is 0 Å². The lowest BCUT2D eigenvalue weighted by atomic mass is 9.98. The second-order valence-corrected chi connectivity index (χ2v) is 12.2. The van der Waals surface area contributed by atoms with Gasteiger partial charge < -0.3 is 41.1 Å². The van der Waals surface area contributed by atoms with E-state index < -0.39 is 117 Å². The number of phosphoric acid groups is 1. The van der Waals surface area contributed by atoms with Gasteiger partial charge >= 0.3 is 25.7 Å². The molecule has 1 aliphatic rings. The van der Waals surface area contributed by atoms with Crippen LogP contribution in [0.3, 0.4) is 0 Å². The summed E-state index contributed by atoms with van der Waals surface area (Å²) < 4.78 is 15.6. The summed E-state index contributed by atoms with van der Waals surface area (Å²) in [5.74, 6) is -10.8. The Labute approximate surface area is 268 Å². The maximum atomic E-state index is 13.4. The third-order valence-corrected chi connectivity index (χ3v) is 8.15. The molecule has 4 amide bonds. The minimum Gasteiger partial charge on any atom is -0.481 e. The Morgan fingerprint density at radius 2 is 1.30 bits per heavy atom. The molecule has 1 aliphatic carbocycles. The van der Waals surface area contributed by atoms with Crippen LogP contribution < -0.4 is 25.8 Å². The first-order chi connectivity index (χ1) is 21.9. The van der Waals surface area contributed by atoms with Gasteiger partial charge in [0.25, 0.3) is 0 Å². The number of carboxylic acids is 3. The normalized spacial score (nSPS) is 19.6. The summed E-state index contributed by atoms with van der Waals surface area (Å²) in [5.41, 5.74) is 0.419. The van der Waals surface area contributed by atoms with Gasteiger partial charge in [0.1, 0.15) is 23.9 Å². The number of aliphatic carboxylic acids is 3. The van der Waals surface area contributed by atoms with Crippen LogP contribution in [0, 0.1) is 17.8 Å². The lowest BCUT2D eigenvalue weighted by Gasteiger charge is -2.26. The molecule has 0 spiro atoms. The van der Waals surface area contributed by atoms with E-state index in [1.165, 1.54) is 31.3 Å². The average molecular weight is 687 g/mol. The Morgan fingerprint density at radius 3 is 1.74 bits per heavy atom. The second kappa shape index (κ2) is 16.9. The molecule has 0 aromatic heterocycles. The van der Waals surface area contributed by atoms with E-state index in [4.69, 9.17) is 14.9 Å². The van der Waals surface area contributed by atoms with Gasteiger partial charge in [-0.05, 0) is 36.5 Å². The molecule has 0 unspecified atom stereocenters. The van der Waals surface area contributed by atoms with E-state index in [0.717, 1.165) is 0 Å². The molecule has 9 N–H and O–H groups in total. The highest BCUT2D eigenvalue weighted by molar-refractivity contribution is 7.46. The van der Waals surface area contributed by atoms with E-state index >= 15 is 0 Å². The zero-order chi connectivity index (χ0) is 35.6. The Kier molecular flexibility index (Phi) is 13.9. The van der Waals surface area contributed by atoms with Crippen LogP contribution >= 0.6 is 7.82 Å². The third-order valence-electron chi connectivity index (χ3n) is 7.70. The standard InChI is InChI=1S/C28H39N4O14P/c1-4-13(2)23(28(41)42)32-25(38)17(10-12-19(35)36)30-24(37)16(9-11-18(33)34)31-27(40)22-20(21(22)26(39)29-3)14-5-7-15(8-6-14)46-47(43,44)45/h5-8,13,16-17,20-23H,4,9-12H2,1-3H3,(H,29,39)(H,30,37)(H,31,40)(H,32,38)(H,33,34)(H,35,36)(H,41,42)(H2,43,44,45)/t13-,16-,17-,20-,21+,22+,23-/m0/s1.